The number of rotatable bonds is 4. The summed E-state index contributed by atoms with van der Waals surface area (Å²) < 4.78 is 1.67. The van der Waals surface area contributed by atoms with E-state index in [0.717, 1.165) is 5.56 Å². The maximum absolute atomic E-state index is 12.1. The zero-order chi connectivity index (χ0) is 14.0. The van der Waals surface area contributed by atoms with Crippen LogP contribution in [0.2, 0.25) is 0 Å². The Morgan fingerprint density at radius 1 is 1.47 bits per heavy atom. The van der Waals surface area contributed by atoms with Crippen molar-refractivity contribution in [2.45, 2.75) is 26.3 Å². The number of aromatic nitrogens is 2. The summed E-state index contributed by atoms with van der Waals surface area (Å²) in [7, 11) is 1.81. The first kappa shape index (κ1) is 13.6. The molecule has 3 atom stereocenters. The molecule has 0 radical (unpaired) electrons. The summed E-state index contributed by atoms with van der Waals surface area (Å²) in [4.78, 5) is 23.2. The highest BCUT2D eigenvalue weighted by atomic mass is 16.4. The standard InChI is InChI=1S/C13H19N3O3/c1-8-3-10(11(4-8)13(18)19)12(17)14-5-9-6-15-16(2)7-9/h6-8,10-11H,3-5H2,1-2H3,(H,14,17)(H,18,19)/t8?,10-,11+/m0/s1. The van der Waals surface area contributed by atoms with Crippen LogP contribution in [0.1, 0.15) is 25.3 Å². The van der Waals surface area contributed by atoms with E-state index >= 15 is 0 Å². The number of aryl methyl sites for hydroxylation is 1. The number of carbonyl (C=O) groups is 2. The van der Waals surface area contributed by atoms with Crippen molar-refractivity contribution < 1.29 is 14.7 Å². The number of hydrogen-bond donors (Lipinski definition) is 2. The van der Waals surface area contributed by atoms with Gasteiger partial charge in [0.25, 0.3) is 0 Å². The molecule has 1 aromatic heterocycles. The molecule has 1 fully saturated rings. The number of hydrogen-bond acceptors (Lipinski definition) is 3. The van der Waals surface area contributed by atoms with E-state index in [-0.39, 0.29) is 11.8 Å². The molecule has 1 heterocycles. The van der Waals surface area contributed by atoms with Crippen LogP contribution in [0.5, 0.6) is 0 Å². The summed E-state index contributed by atoms with van der Waals surface area (Å²) in [6.07, 6.45) is 4.74. The molecular formula is C13H19N3O3. The van der Waals surface area contributed by atoms with Crippen LogP contribution >= 0.6 is 0 Å². The average molecular weight is 265 g/mol. The largest absolute Gasteiger partial charge is 0.481 e. The van der Waals surface area contributed by atoms with Gasteiger partial charge in [-0.05, 0) is 18.8 Å². The molecular weight excluding hydrogens is 246 g/mol. The molecule has 1 unspecified atom stereocenters. The Bertz CT molecular complexity index is 483. The van der Waals surface area contributed by atoms with E-state index in [1.807, 2.05) is 20.2 Å². The van der Waals surface area contributed by atoms with E-state index in [0.29, 0.717) is 19.4 Å². The molecule has 0 aromatic carbocycles. The fourth-order valence-corrected chi connectivity index (χ4v) is 2.74. The molecule has 0 aliphatic heterocycles. The minimum Gasteiger partial charge on any atom is -0.481 e. The number of amides is 1. The second kappa shape index (κ2) is 5.42. The van der Waals surface area contributed by atoms with Crippen LogP contribution in [-0.4, -0.2) is 26.8 Å². The first-order chi connectivity index (χ1) is 8.97. The van der Waals surface area contributed by atoms with Gasteiger partial charge in [-0.25, -0.2) is 0 Å². The van der Waals surface area contributed by atoms with Crippen LogP contribution in [0.4, 0.5) is 0 Å². The molecule has 0 saturated heterocycles. The lowest BCUT2D eigenvalue weighted by Gasteiger charge is -2.15. The quantitative estimate of drug-likeness (QED) is 0.842. The second-order valence-electron chi connectivity index (χ2n) is 5.37. The zero-order valence-electron chi connectivity index (χ0n) is 11.2. The summed E-state index contributed by atoms with van der Waals surface area (Å²) in [5, 5.41) is 16.0. The van der Waals surface area contributed by atoms with Crippen molar-refractivity contribution in [3.63, 3.8) is 0 Å². The van der Waals surface area contributed by atoms with Gasteiger partial charge in [0.15, 0.2) is 0 Å². The van der Waals surface area contributed by atoms with E-state index < -0.39 is 17.8 Å². The highest BCUT2D eigenvalue weighted by Crippen LogP contribution is 2.36. The smallest absolute Gasteiger partial charge is 0.307 e. The van der Waals surface area contributed by atoms with Crippen molar-refractivity contribution in [3.05, 3.63) is 18.0 Å². The number of carboxylic acids is 1. The Labute approximate surface area is 111 Å². The molecule has 19 heavy (non-hydrogen) atoms. The fraction of sp³-hybridized carbons (Fsp3) is 0.615. The number of carboxylic acid groups (broad SMARTS) is 1. The van der Waals surface area contributed by atoms with Crippen LogP contribution in [0.15, 0.2) is 12.4 Å². The normalized spacial score (nSPS) is 26.3. The van der Waals surface area contributed by atoms with Crippen molar-refractivity contribution in [3.8, 4) is 0 Å². The van der Waals surface area contributed by atoms with Crippen molar-refractivity contribution in [2.75, 3.05) is 0 Å². The van der Waals surface area contributed by atoms with Gasteiger partial charge in [0, 0.05) is 25.4 Å². The molecule has 1 amide bonds. The van der Waals surface area contributed by atoms with Gasteiger partial charge in [0.1, 0.15) is 0 Å². The first-order valence-corrected chi connectivity index (χ1v) is 6.45. The molecule has 2 rings (SSSR count). The van der Waals surface area contributed by atoms with E-state index in [2.05, 4.69) is 10.4 Å². The first-order valence-electron chi connectivity index (χ1n) is 6.45. The lowest BCUT2D eigenvalue weighted by Crippen LogP contribution is -2.34. The third-order valence-electron chi connectivity index (χ3n) is 3.68. The van der Waals surface area contributed by atoms with Crippen LogP contribution in [0, 0.1) is 17.8 Å². The molecule has 104 valence electrons. The monoisotopic (exact) mass is 265 g/mol. The third-order valence-corrected chi connectivity index (χ3v) is 3.68. The van der Waals surface area contributed by atoms with Crippen LogP contribution < -0.4 is 5.32 Å². The third kappa shape index (κ3) is 3.13. The Hall–Kier alpha value is -1.85. The van der Waals surface area contributed by atoms with E-state index in [1.165, 1.54) is 0 Å². The lowest BCUT2D eigenvalue weighted by atomic mass is 9.95. The lowest BCUT2D eigenvalue weighted by molar-refractivity contribution is -0.146. The molecule has 0 bridgehead atoms. The SMILES string of the molecule is CC1C[C@H](C(=O)NCc2cnn(C)c2)[C@H](C(=O)O)C1. The van der Waals surface area contributed by atoms with Crippen molar-refractivity contribution in [2.24, 2.45) is 24.8 Å². The second-order valence-corrected chi connectivity index (χ2v) is 5.37. The van der Waals surface area contributed by atoms with E-state index in [9.17, 15) is 9.59 Å². The van der Waals surface area contributed by atoms with Crippen LogP contribution in [0.25, 0.3) is 0 Å². The summed E-state index contributed by atoms with van der Waals surface area (Å²) in [5.74, 6) is -1.71. The molecule has 1 aliphatic carbocycles. The van der Waals surface area contributed by atoms with Crippen molar-refractivity contribution >= 4 is 11.9 Å². The minimum absolute atomic E-state index is 0.166. The number of nitrogens with zero attached hydrogens (tertiary/aromatic N) is 2. The van der Waals surface area contributed by atoms with Gasteiger partial charge in [0.2, 0.25) is 5.91 Å². The maximum atomic E-state index is 12.1. The molecule has 0 spiro atoms. The van der Waals surface area contributed by atoms with Crippen molar-refractivity contribution in [1.29, 1.82) is 0 Å². The van der Waals surface area contributed by atoms with Gasteiger partial charge >= 0.3 is 5.97 Å². The molecule has 1 saturated carbocycles. The fourth-order valence-electron chi connectivity index (χ4n) is 2.74. The number of nitrogens with one attached hydrogen (secondary N) is 1. The topological polar surface area (TPSA) is 84.2 Å². The molecule has 6 nitrogen and oxygen atoms in total. The number of aliphatic carboxylic acids is 1. The van der Waals surface area contributed by atoms with Gasteiger partial charge in [-0.15, -0.1) is 0 Å². The summed E-state index contributed by atoms with van der Waals surface area (Å²) in [5.41, 5.74) is 0.911. The minimum atomic E-state index is -0.870. The summed E-state index contributed by atoms with van der Waals surface area (Å²) in [6.45, 7) is 2.38. The van der Waals surface area contributed by atoms with E-state index in [4.69, 9.17) is 5.11 Å². The highest BCUT2D eigenvalue weighted by Gasteiger charge is 2.40. The Balaban J connectivity index is 1.93. The predicted molar refractivity (Wildman–Crippen MR) is 68.1 cm³/mol. The molecule has 1 aromatic rings. The van der Waals surface area contributed by atoms with E-state index in [1.54, 1.807) is 10.9 Å². The Morgan fingerprint density at radius 3 is 2.74 bits per heavy atom. The molecule has 1 aliphatic rings. The summed E-state index contributed by atoms with van der Waals surface area (Å²) in [6, 6.07) is 0. The van der Waals surface area contributed by atoms with Gasteiger partial charge in [-0.1, -0.05) is 6.92 Å². The van der Waals surface area contributed by atoms with Crippen LogP contribution in [-0.2, 0) is 23.2 Å². The Kier molecular flexibility index (Phi) is 3.87. The highest BCUT2D eigenvalue weighted by molar-refractivity contribution is 5.85. The van der Waals surface area contributed by atoms with Gasteiger partial charge in [-0.2, -0.15) is 5.10 Å². The predicted octanol–water partition coefficient (Wildman–Crippen LogP) is 0.783. The maximum Gasteiger partial charge on any atom is 0.307 e. The van der Waals surface area contributed by atoms with Gasteiger partial charge in [0.05, 0.1) is 18.0 Å². The summed E-state index contributed by atoms with van der Waals surface area (Å²) >= 11 is 0. The Morgan fingerprint density at radius 2 is 2.16 bits per heavy atom. The molecule has 6 heteroatoms. The van der Waals surface area contributed by atoms with Crippen molar-refractivity contribution in [1.82, 2.24) is 15.1 Å². The molecule has 2 N–H and O–H groups in total. The van der Waals surface area contributed by atoms with Gasteiger partial charge < -0.3 is 10.4 Å². The number of carbonyl (C=O) groups excluding carboxylic acids is 1. The average Bonchev–Trinajstić information content (AvgIpc) is 2.92. The van der Waals surface area contributed by atoms with Gasteiger partial charge in [-0.3, -0.25) is 14.3 Å². The zero-order valence-corrected chi connectivity index (χ0v) is 11.2. The van der Waals surface area contributed by atoms with Crippen LogP contribution in [0.3, 0.4) is 0 Å².